The van der Waals surface area contributed by atoms with Crippen molar-refractivity contribution in [2.45, 2.75) is 38.5 Å². The van der Waals surface area contributed by atoms with Gasteiger partial charge in [-0.1, -0.05) is 45.9 Å². The van der Waals surface area contributed by atoms with Crippen LogP contribution in [0.1, 0.15) is 59.5 Å². The van der Waals surface area contributed by atoms with Gasteiger partial charge in [-0.05, 0) is 47.5 Å². The van der Waals surface area contributed by atoms with Crippen LogP contribution in [0.5, 0.6) is 0 Å². The average Bonchev–Trinajstić information content (AvgIpc) is 2.73. The van der Waals surface area contributed by atoms with Crippen LogP contribution in [0.25, 0.3) is 0 Å². The summed E-state index contributed by atoms with van der Waals surface area (Å²) in [5.41, 5.74) is 4.47. The molecular formula is C22H23NO3. The molecule has 134 valence electrons. The third-order valence-electron chi connectivity index (χ3n) is 5.53. The first kappa shape index (κ1) is 17.9. The molecule has 0 fully saturated rings. The van der Waals surface area contributed by atoms with Crippen molar-refractivity contribution in [3.63, 3.8) is 0 Å². The van der Waals surface area contributed by atoms with Gasteiger partial charge >= 0.3 is 5.97 Å². The summed E-state index contributed by atoms with van der Waals surface area (Å²) < 4.78 is 0. The lowest BCUT2D eigenvalue weighted by atomic mass is 9.77. The minimum Gasteiger partial charge on any atom is -0.478 e. The summed E-state index contributed by atoms with van der Waals surface area (Å²) in [6, 6.07) is 11.9. The number of carboxylic acids is 1. The van der Waals surface area contributed by atoms with E-state index in [1.165, 1.54) is 17.7 Å². The van der Waals surface area contributed by atoms with E-state index in [0.717, 1.165) is 11.1 Å². The van der Waals surface area contributed by atoms with E-state index in [-0.39, 0.29) is 22.3 Å². The fourth-order valence-electron chi connectivity index (χ4n) is 3.75. The normalized spacial score (nSPS) is 16.8. The van der Waals surface area contributed by atoms with E-state index < -0.39 is 5.97 Å². The number of hydrogen-bond acceptors (Lipinski definition) is 2. The number of hydrogen-bond donors (Lipinski definition) is 2. The SMILES string of the molecule is C=C1C(C)(C)c2ccc(C(=O)Nc3ccc(C(=O)O)cc3)cc2C1(C)C. The van der Waals surface area contributed by atoms with E-state index in [9.17, 15) is 9.59 Å². The van der Waals surface area contributed by atoms with Crippen LogP contribution in [-0.2, 0) is 10.8 Å². The van der Waals surface area contributed by atoms with Gasteiger partial charge in [0.2, 0.25) is 0 Å². The molecule has 4 nitrogen and oxygen atoms in total. The Bertz CT molecular complexity index is 921. The van der Waals surface area contributed by atoms with E-state index in [1.807, 2.05) is 18.2 Å². The molecule has 0 spiro atoms. The average molecular weight is 349 g/mol. The molecule has 0 aromatic heterocycles. The summed E-state index contributed by atoms with van der Waals surface area (Å²) in [5.74, 6) is -1.21. The molecule has 0 unspecified atom stereocenters. The fraction of sp³-hybridized carbons (Fsp3) is 0.273. The lowest BCUT2D eigenvalue weighted by molar-refractivity contribution is 0.0696. The maximum absolute atomic E-state index is 12.6. The third kappa shape index (κ3) is 2.71. The summed E-state index contributed by atoms with van der Waals surface area (Å²) in [5, 5.41) is 11.8. The quantitative estimate of drug-likeness (QED) is 0.785. The topological polar surface area (TPSA) is 66.4 Å². The molecule has 2 N–H and O–H groups in total. The molecule has 0 heterocycles. The fourth-order valence-corrected chi connectivity index (χ4v) is 3.75. The van der Waals surface area contributed by atoms with Gasteiger partial charge in [-0.15, -0.1) is 0 Å². The second-order valence-electron chi connectivity index (χ2n) is 7.83. The molecule has 1 aliphatic carbocycles. The minimum absolute atomic E-state index is 0.125. The highest BCUT2D eigenvalue weighted by Crippen LogP contribution is 2.52. The molecule has 0 aliphatic heterocycles. The van der Waals surface area contributed by atoms with Crippen LogP contribution >= 0.6 is 0 Å². The lowest BCUT2D eigenvalue weighted by Gasteiger charge is -2.27. The van der Waals surface area contributed by atoms with Gasteiger partial charge in [-0.2, -0.15) is 0 Å². The number of rotatable bonds is 3. The maximum atomic E-state index is 12.6. The first-order chi connectivity index (χ1) is 12.0. The van der Waals surface area contributed by atoms with Gasteiger partial charge in [-0.25, -0.2) is 4.79 Å². The molecule has 1 aliphatic rings. The van der Waals surface area contributed by atoms with Gasteiger partial charge in [-0.3, -0.25) is 4.79 Å². The van der Waals surface area contributed by atoms with Crippen molar-refractivity contribution >= 4 is 17.6 Å². The monoisotopic (exact) mass is 349 g/mol. The summed E-state index contributed by atoms with van der Waals surface area (Å²) in [4.78, 5) is 23.5. The van der Waals surface area contributed by atoms with Gasteiger partial charge in [0.1, 0.15) is 0 Å². The van der Waals surface area contributed by atoms with Crippen molar-refractivity contribution in [3.8, 4) is 0 Å². The van der Waals surface area contributed by atoms with Gasteiger partial charge < -0.3 is 10.4 Å². The van der Waals surface area contributed by atoms with E-state index in [4.69, 9.17) is 5.11 Å². The summed E-state index contributed by atoms with van der Waals surface area (Å²) >= 11 is 0. The molecular weight excluding hydrogens is 326 g/mol. The molecule has 1 amide bonds. The van der Waals surface area contributed by atoms with Gasteiger partial charge in [0.15, 0.2) is 0 Å². The molecule has 0 bridgehead atoms. The molecule has 4 heteroatoms. The maximum Gasteiger partial charge on any atom is 0.335 e. The van der Waals surface area contributed by atoms with Crippen LogP contribution in [0.2, 0.25) is 0 Å². The molecule has 2 aromatic carbocycles. The zero-order chi connectivity index (χ0) is 19.3. The van der Waals surface area contributed by atoms with Gasteiger partial charge in [0.25, 0.3) is 5.91 Å². The Labute approximate surface area is 153 Å². The molecule has 0 saturated heterocycles. The van der Waals surface area contributed by atoms with E-state index >= 15 is 0 Å². The van der Waals surface area contributed by atoms with Crippen molar-refractivity contribution in [2.24, 2.45) is 0 Å². The molecule has 26 heavy (non-hydrogen) atoms. The number of anilines is 1. The first-order valence-electron chi connectivity index (χ1n) is 8.54. The zero-order valence-corrected chi connectivity index (χ0v) is 15.5. The Morgan fingerprint density at radius 1 is 0.885 bits per heavy atom. The smallest absolute Gasteiger partial charge is 0.335 e. The highest BCUT2D eigenvalue weighted by atomic mass is 16.4. The van der Waals surface area contributed by atoms with Crippen LogP contribution in [0.3, 0.4) is 0 Å². The molecule has 0 saturated carbocycles. The highest BCUT2D eigenvalue weighted by Gasteiger charge is 2.45. The lowest BCUT2D eigenvalue weighted by Crippen LogP contribution is -2.22. The number of benzene rings is 2. The second-order valence-corrected chi connectivity index (χ2v) is 7.83. The van der Waals surface area contributed by atoms with Crippen molar-refractivity contribution in [1.82, 2.24) is 0 Å². The van der Waals surface area contributed by atoms with E-state index in [1.54, 1.807) is 12.1 Å². The van der Waals surface area contributed by atoms with E-state index in [0.29, 0.717) is 11.3 Å². The molecule has 0 atom stereocenters. The standard InChI is InChI=1S/C22H23NO3/c1-13-21(2,3)17-11-8-15(12-18(17)22(13,4)5)19(24)23-16-9-6-14(7-10-16)20(25)26/h6-12H,1H2,2-5H3,(H,23,24)(H,25,26). The molecule has 2 aromatic rings. The Hall–Kier alpha value is -2.88. The molecule has 0 radical (unpaired) electrons. The number of carbonyl (C=O) groups is 2. The summed E-state index contributed by atoms with van der Waals surface area (Å²) in [6.45, 7) is 12.9. The number of allylic oxidation sites excluding steroid dienone is 1. The largest absolute Gasteiger partial charge is 0.478 e. The predicted octanol–water partition coefficient (Wildman–Crippen LogP) is 4.76. The van der Waals surface area contributed by atoms with Crippen LogP contribution in [-0.4, -0.2) is 17.0 Å². The van der Waals surface area contributed by atoms with Crippen LogP contribution in [0.15, 0.2) is 54.6 Å². The van der Waals surface area contributed by atoms with Crippen molar-refractivity contribution in [1.29, 1.82) is 0 Å². The van der Waals surface area contributed by atoms with Crippen molar-refractivity contribution in [2.75, 3.05) is 5.32 Å². The van der Waals surface area contributed by atoms with Crippen molar-refractivity contribution in [3.05, 3.63) is 76.9 Å². The Balaban J connectivity index is 1.89. The van der Waals surface area contributed by atoms with Gasteiger partial charge in [0.05, 0.1) is 5.56 Å². The third-order valence-corrected chi connectivity index (χ3v) is 5.53. The Kier molecular flexibility index (Phi) is 4.02. The highest BCUT2D eigenvalue weighted by molar-refractivity contribution is 6.04. The van der Waals surface area contributed by atoms with Crippen LogP contribution < -0.4 is 5.32 Å². The minimum atomic E-state index is -0.994. The van der Waals surface area contributed by atoms with Crippen molar-refractivity contribution < 1.29 is 14.7 Å². The summed E-state index contributed by atoms with van der Waals surface area (Å²) in [6.07, 6.45) is 0. The van der Waals surface area contributed by atoms with E-state index in [2.05, 4.69) is 39.6 Å². The molecule has 3 rings (SSSR count). The number of amides is 1. The Morgan fingerprint density at radius 3 is 2.00 bits per heavy atom. The second kappa shape index (κ2) is 5.84. The number of aromatic carboxylic acids is 1. The number of carbonyl (C=O) groups excluding carboxylic acids is 1. The number of nitrogens with one attached hydrogen (secondary N) is 1. The van der Waals surface area contributed by atoms with Gasteiger partial charge in [0, 0.05) is 22.1 Å². The van der Waals surface area contributed by atoms with Crippen LogP contribution in [0, 0.1) is 0 Å². The zero-order valence-electron chi connectivity index (χ0n) is 15.5. The number of fused-ring (bicyclic) bond motifs is 1. The van der Waals surface area contributed by atoms with Crippen LogP contribution in [0.4, 0.5) is 5.69 Å². The number of carboxylic acid groups (broad SMARTS) is 1. The Morgan fingerprint density at radius 2 is 1.42 bits per heavy atom. The summed E-state index contributed by atoms with van der Waals surface area (Å²) in [7, 11) is 0. The first-order valence-corrected chi connectivity index (χ1v) is 8.54. The predicted molar refractivity (Wildman–Crippen MR) is 103 cm³/mol.